The van der Waals surface area contributed by atoms with Crippen molar-refractivity contribution in [1.82, 2.24) is 0 Å². The van der Waals surface area contributed by atoms with Crippen molar-refractivity contribution in [3.8, 4) is 0 Å². The van der Waals surface area contributed by atoms with Crippen molar-refractivity contribution < 1.29 is 9.53 Å². The summed E-state index contributed by atoms with van der Waals surface area (Å²) in [5, 5.41) is 0. The molecule has 0 radical (unpaired) electrons. The smallest absolute Gasteiger partial charge is 0.337 e. The van der Waals surface area contributed by atoms with Crippen molar-refractivity contribution in [2.24, 2.45) is 5.92 Å². The molecule has 1 unspecified atom stereocenters. The Hall–Kier alpha value is -1.05. The summed E-state index contributed by atoms with van der Waals surface area (Å²) in [6.45, 7) is 2.17. The third-order valence-corrected chi connectivity index (χ3v) is 2.00. The average molecular weight is 166 g/mol. The van der Waals surface area contributed by atoms with Crippen LogP contribution in [0.25, 0.3) is 0 Å². The summed E-state index contributed by atoms with van der Waals surface area (Å²) in [7, 11) is 1.41. The van der Waals surface area contributed by atoms with Crippen molar-refractivity contribution in [3.63, 3.8) is 0 Å². The molecule has 0 saturated heterocycles. The van der Waals surface area contributed by atoms with Crippen LogP contribution in [0.1, 0.15) is 19.8 Å². The fraction of sp³-hybridized carbons (Fsp3) is 0.500. The predicted molar refractivity (Wildman–Crippen MR) is 47.6 cm³/mol. The predicted octanol–water partition coefficient (Wildman–Crippen LogP) is 2.07. The Morgan fingerprint density at radius 2 is 2.33 bits per heavy atom. The van der Waals surface area contributed by atoms with Crippen molar-refractivity contribution in [3.05, 3.63) is 23.8 Å². The highest BCUT2D eigenvalue weighted by atomic mass is 16.5. The van der Waals surface area contributed by atoms with E-state index in [9.17, 15) is 4.79 Å². The average Bonchev–Trinajstić information content (AvgIpc) is 2.29. The lowest BCUT2D eigenvalue weighted by atomic mass is 10.1. The van der Waals surface area contributed by atoms with Gasteiger partial charge in [-0.3, -0.25) is 0 Å². The lowest BCUT2D eigenvalue weighted by Gasteiger charge is -2.01. The summed E-state index contributed by atoms with van der Waals surface area (Å²) in [4.78, 5) is 11.1. The van der Waals surface area contributed by atoms with E-state index in [4.69, 9.17) is 0 Å². The van der Waals surface area contributed by atoms with Crippen LogP contribution < -0.4 is 0 Å². The lowest BCUT2D eigenvalue weighted by molar-refractivity contribution is -0.135. The van der Waals surface area contributed by atoms with Gasteiger partial charge in [0, 0.05) is 0 Å². The minimum Gasteiger partial charge on any atom is -0.465 e. The molecular formula is C10H14O2. The maximum absolute atomic E-state index is 11.1. The molecule has 12 heavy (non-hydrogen) atoms. The fourth-order valence-corrected chi connectivity index (χ4v) is 1.19. The minimum absolute atomic E-state index is 0.236. The minimum atomic E-state index is -0.236. The van der Waals surface area contributed by atoms with Crippen molar-refractivity contribution in [2.45, 2.75) is 19.8 Å². The van der Waals surface area contributed by atoms with E-state index in [1.54, 1.807) is 0 Å². The molecule has 0 aromatic rings. The molecule has 2 nitrogen and oxygen atoms in total. The summed E-state index contributed by atoms with van der Waals surface area (Å²) in [6, 6.07) is 0. The first-order chi connectivity index (χ1) is 5.74. The van der Waals surface area contributed by atoms with Gasteiger partial charge in [-0.1, -0.05) is 25.2 Å². The molecule has 1 rings (SSSR count). The second-order valence-electron chi connectivity index (χ2n) is 3.13. The number of carbonyl (C=O) groups is 1. The van der Waals surface area contributed by atoms with Crippen LogP contribution in [-0.2, 0) is 9.53 Å². The van der Waals surface area contributed by atoms with E-state index in [-0.39, 0.29) is 5.97 Å². The van der Waals surface area contributed by atoms with Crippen LogP contribution in [0.2, 0.25) is 0 Å². The van der Waals surface area contributed by atoms with Crippen LogP contribution in [0.15, 0.2) is 23.8 Å². The van der Waals surface area contributed by atoms with Gasteiger partial charge in [-0.25, -0.2) is 4.79 Å². The standard InChI is InChI=1S/C10H14O2/c1-8-4-3-5-9(7-6-8)10(11)12-2/h3,5,7-8H,4,6H2,1-2H3. The van der Waals surface area contributed by atoms with Gasteiger partial charge in [0.1, 0.15) is 0 Å². The van der Waals surface area contributed by atoms with Gasteiger partial charge in [-0.2, -0.15) is 0 Å². The molecule has 0 N–H and O–H groups in total. The molecule has 0 aromatic carbocycles. The summed E-state index contributed by atoms with van der Waals surface area (Å²) >= 11 is 0. The maximum Gasteiger partial charge on any atom is 0.337 e. The summed E-state index contributed by atoms with van der Waals surface area (Å²) in [5.41, 5.74) is 0.682. The molecule has 0 aliphatic heterocycles. The number of hydrogen-bond donors (Lipinski definition) is 0. The second-order valence-corrected chi connectivity index (χ2v) is 3.13. The summed E-state index contributed by atoms with van der Waals surface area (Å²) in [6.07, 6.45) is 7.81. The zero-order chi connectivity index (χ0) is 8.97. The van der Waals surface area contributed by atoms with E-state index < -0.39 is 0 Å². The third-order valence-electron chi connectivity index (χ3n) is 2.00. The molecule has 0 bridgehead atoms. The Labute approximate surface area is 72.9 Å². The highest BCUT2D eigenvalue weighted by Gasteiger charge is 2.09. The molecule has 0 amide bonds. The quantitative estimate of drug-likeness (QED) is 0.557. The topological polar surface area (TPSA) is 26.3 Å². The zero-order valence-corrected chi connectivity index (χ0v) is 7.54. The van der Waals surface area contributed by atoms with E-state index in [0.717, 1.165) is 12.8 Å². The largest absolute Gasteiger partial charge is 0.465 e. The summed E-state index contributed by atoms with van der Waals surface area (Å²) in [5.74, 6) is 0.392. The Morgan fingerprint density at radius 1 is 1.58 bits per heavy atom. The molecule has 0 saturated carbocycles. The van der Waals surface area contributed by atoms with E-state index in [0.29, 0.717) is 11.5 Å². The molecule has 0 spiro atoms. The van der Waals surface area contributed by atoms with E-state index in [1.165, 1.54) is 7.11 Å². The molecule has 0 aromatic heterocycles. The Morgan fingerprint density at radius 3 is 3.00 bits per heavy atom. The van der Waals surface area contributed by atoms with Gasteiger partial charge in [-0.05, 0) is 18.8 Å². The maximum atomic E-state index is 11.1. The number of esters is 1. The van der Waals surface area contributed by atoms with E-state index in [2.05, 4.69) is 11.7 Å². The first-order valence-electron chi connectivity index (χ1n) is 4.19. The molecule has 2 heteroatoms. The number of allylic oxidation sites excluding steroid dienone is 2. The van der Waals surface area contributed by atoms with Crippen LogP contribution >= 0.6 is 0 Å². The molecule has 0 fully saturated rings. The monoisotopic (exact) mass is 166 g/mol. The van der Waals surface area contributed by atoms with Gasteiger partial charge in [0.2, 0.25) is 0 Å². The van der Waals surface area contributed by atoms with Gasteiger partial charge < -0.3 is 4.74 Å². The van der Waals surface area contributed by atoms with Gasteiger partial charge in [0.15, 0.2) is 0 Å². The summed E-state index contributed by atoms with van der Waals surface area (Å²) < 4.78 is 4.62. The molecular weight excluding hydrogens is 152 g/mol. The second kappa shape index (κ2) is 4.10. The normalized spacial score (nSPS) is 22.8. The van der Waals surface area contributed by atoms with Crippen molar-refractivity contribution >= 4 is 5.97 Å². The first kappa shape index (κ1) is 9.04. The molecule has 1 aliphatic rings. The lowest BCUT2D eigenvalue weighted by Crippen LogP contribution is -2.02. The van der Waals surface area contributed by atoms with E-state index >= 15 is 0 Å². The zero-order valence-electron chi connectivity index (χ0n) is 7.54. The Balaban J connectivity index is 2.69. The van der Waals surface area contributed by atoms with Crippen LogP contribution in [0.5, 0.6) is 0 Å². The Bertz CT molecular complexity index is 226. The van der Waals surface area contributed by atoms with Crippen molar-refractivity contribution in [2.75, 3.05) is 7.11 Å². The molecule has 66 valence electrons. The Kier molecular flexibility index (Phi) is 3.09. The molecule has 1 atom stereocenters. The van der Waals surface area contributed by atoms with Gasteiger partial charge in [-0.15, -0.1) is 0 Å². The number of methoxy groups -OCH3 is 1. The number of ether oxygens (including phenoxy) is 1. The highest BCUT2D eigenvalue weighted by molar-refractivity contribution is 5.91. The number of hydrogen-bond acceptors (Lipinski definition) is 2. The molecule has 0 heterocycles. The van der Waals surface area contributed by atoms with Crippen LogP contribution in [0.3, 0.4) is 0 Å². The van der Waals surface area contributed by atoms with Gasteiger partial charge in [0.05, 0.1) is 12.7 Å². The molecule has 1 aliphatic carbocycles. The highest BCUT2D eigenvalue weighted by Crippen LogP contribution is 2.16. The van der Waals surface area contributed by atoms with Gasteiger partial charge in [0.25, 0.3) is 0 Å². The van der Waals surface area contributed by atoms with Crippen molar-refractivity contribution in [1.29, 1.82) is 0 Å². The van der Waals surface area contributed by atoms with Crippen LogP contribution in [0, 0.1) is 5.92 Å². The van der Waals surface area contributed by atoms with Gasteiger partial charge >= 0.3 is 5.97 Å². The van der Waals surface area contributed by atoms with Crippen LogP contribution in [0.4, 0.5) is 0 Å². The third kappa shape index (κ3) is 2.22. The van der Waals surface area contributed by atoms with Crippen LogP contribution in [-0.4, -0.2) is 13.1 Å². The fourth-order valence-electron chi connectivity index (χ4n) is 1.19. The number of carbonyl (C=O) groups excluding carboxylic acids is 1. The first-order valence-corrected chi connectivity index (χ1v) is 4.19. The SMILES string of the molecule is COC(=O)C1=CCC(C)CC=C1. The van der Waals surface area contributed by atoms with E-state index in [1.807, 2.05) is 18.2 Å². The number of rotatable bonds is 1.